The number of rotatable bonds is 4. The van der Waals surface area contributed by atoms with Crippen molar-refractivity contribution in [1.29, 1.82) is 5.26 Å². The van der Waals surface area contributed by atoms with Gasteiger partial charge in [-0.1, -0.05) is 0 Å². The molecule has 1 saturated heterocycles. The Morgan fingerprint density at radius 1 is 1.36 bits per heavy atom. The molecule has 0 unspecified atom stereocenters. The molecule has 0 radical (unpaired) electrons. The van der Waals surface area contributed by atoms with E-state index in [0.29, 0.717) is 15.2 Å². The van der Waals surface area contributed by atoms with E-state index in [1.165, 1.54) is 0 Å². The van der Waals surface area contributed by atoms with Crippen LogP contribution in [0.5, 0.6) is 0 Å². The summed E-state index contributed by atoms with van der Waals surface area (Å²) in [7, 11) is 0. The third-order valence-electron chi connectivity index (χ3n) is 3.66. The summed E-state index contributed by atoms with van der Waals surface area (Å²) in [6.45, 7) is 1.46. The molecule has 0 N–H and O–H groups in total. The van der Waals surface area contributed by atoms with E-state index in [4.69, 9.17) is 5.26 Å². The van der Waals surface area contributed by atoms with Crippen LogP contribution in [0, 0.1) is 20.9 Å². The van der Waals surface area contributed by atoms with Gasteiger partial charge in [0.1, 0.15) is 9.52 Å². The Kier molecular flexibility index (Phi) is 5.83. The largest absolute Gasteiger partial charge is 0.389 e. The van der Waals surface area contributed by atoms with Crippen LogP contribution < -0.4 is 4.90 Å². The summed E-state index contributed by atoms with van der Waals surface area (Å²) in [5.74, 6) is 0.776. The van der Waals surface area contributed by atoms with Gasteiger partial charge >= 0.3 is 6.18 Å². The maximum absolute atomic E-state index is 12.2. The van der Waals surface area contributed by atoms with Crippen LogP contribution in [0.15, 0.2) is 6.20 Å². The lowest BCUT2D eigenvalue weighted by atomic mass is 9.99. The molecule has 1 aliphatic heterocycles. The fourth-order valence-electron chi connectivity index (χ4n) is 2.41. The lowest BCUT2D eigenvalue weighted by Crippen LogP contribution is -2.34. The minimum Gasteiger partial charge on any atom is -0.355 e. The first-order valence-corrected chi connectivity index (χ1v) is 8.19. The van der Waals surface area contributed by atoms with Gasteiger partial charge in [-0.25, -0.2) is 9.97 Å². The van der Waals surface area contributed by atoms with Crippen LogP contribution in [0.1, 0.15) is 31.4 Å². The van der Waals surface area contributed by atoms with E-state index in [1.54, 1.807) is 6.20 Å². The van der Waals surface area contributed by atoms with E-state index < -0.39 is 12.6 Å². The van der Waals surface area contributed by atoms with Crippen molar-refractivity contribution in [3.8, 4) is 6.07 Å². The van der Waals surface area contributed by atoms with Gasteiger partial charge in [0.15, 0.2) is 0 Å². The molecular weight excluding hydrogens is 408 g/mol. The Labute approximate surface area is 140 Å². The molecule has 0 atom stereocenters. The molecule has 8 heteroatoms. The second-order valence-electron chi connectivity index (χ2n) is 5.32. The minimum atomic E-state index is -4.13. The molecule has 0 saturated carbocycles. The number of aromatic nitrogens is 2. The normalized spacial score (nSPS) is 16.6. The lowest BCUT2D eigenvalue weighted by molar-refractivity contribution is -0.135. The zero-order chi connectivity index (χ0) is 16.2. The average Bonchev–Trinajstić information content (AvgIpc) is 2.48. The highest BCUT2D eigenvalue weighted by molar-refractivity contribution is 14.1. The molecular formula is C14H16F3IN4. The van der Waals surface area contributed by atoms with Gasteiger partial charge in [-0.15, -0.1) is 0 Å². The number of hydrogen-bond acceptors (Lipinski definition) is 4. The van der Waals surface area contributed by atoms with Gasteiger partial charge in [-0.05, 0) is 48.3 Å². The molecule has 1 fully saturated rings. The van der Waals surface area contributed by atoms with Crippen molar-refractivity contribution in [3.05, 3.63) is 15.6 Å². The van der Waals surface area contributed by atoms with E-state index in [0.717, 1.165) is 25.9 Å². The molecule has 0 spiro atoms. The first-order valence-electron chi connectivity index (χ1n) is 7.12. The Morgan fingerprint density at radius 2 is 2.05 bits per heavy atom. The molecule has 0 bridgehead atoms. The molecule has 120 valence electrons. The van der Waals surface area contributed by atoms with Crippen molar-refractivity contribution in [2.24, 2.45) is 5.92 Å². The van der Waals surface area contributed by atoms with Crippen LogP contribution in [0.3, 0.4) is 0 Å². The van der Waals surface area contributed by atoms with E-state index in [-0.39, 0.29) is 18.8 Å². The summed E-state index contributed by atoms with van der Waals surface area (Å²) in [6, 6.07) is 2.27. The Bertz CT molecular complexity index is 548. The van der Waals surface area contributed by atoms with Crippen LogP contribution in [0.25, 0.3) is 0 Å². The predicted molar refractivity (Wildman–Crippen MR) is 84.3 cm³/mol. The molecule has 1 aromatic rings. The van der Waals surface area contributed by atoms with Crippen molar-refractivity contribution in [1.82, 2.24) is 9.97 Å². The zero-order valence-corrected chi connectivity index (χ0v) is 14.1. The first kappa shape index (κ1) is 17.2. The lowest BCUT2D eigenvalue weighted by Gasteiger charge is -2.30. The van der Waals surface area contributed by atoms with Crippen LogP contribution in [0.2, 0.25) is 0 Å². The fraction of sp³-hybridized carbons (Fsp3) is 0.643. The highest BCUT2D eigenvalue weighted by Crippen LogP contribution is 2.25. The van der Waals surface area contributed by atoms with Gasteiger partial charge in [0.05, 0.1) is 18.0 Å². The molecule has 0 aliphatic carbocycles. The monoisotopic (exact) mass is 424 g/mol. The number of piperidine rings is 1. The summed E-state index contributed by atoms with van der Waals surface area (Å²) in [5.41, 5.74) is 0.616. The summed E-state index contributed by atoms with van der Waals surface area (Å²) in [6.07, 6.45) is -1.41. The summed E-state index contributed by atoms with van der Waals surface area (Å²) in [5, 5.41) is 8.90. The highest BCUT2D eigenvalue weighted by atomic mass is 127. The van der Waals surface area contributed by atoms with Crippen molar-refractivity contribution < 1.29 is 13.2 Å². The third kappa shape index (κ3) is 4.97. The predicted octanol–water partition coefficient (Wildman–Crippen LogP) is 3.71. The van der Waals surface area contributed by atoms with Crippen molar-refractivity contribution in [3.63, 3.8) is 0 Å². The van der Waals surface area contributed by atoms with Crippen LogP contribution >= 0.6 is 22.6 Å². The molecule has 2 rings (SSSR count). The van der Waals surface area contributed by atoms with Gasteiger partial charge in [0.25, 0.3) is 0 Å². The second-order valence-corrected chi connectivity index (χ2v) is 6.35. The van der Waals surface area contributed by atoms with Crippen molar-refractivity contribution in [2.75, 3.05) is 18.0 Å². The topological polar surface area (TPSA) is 52.8 Å². The highest BCUT2D eigenvalue weighted by Gasteiger charge is 2.26. The summed E-state index contributed by atoms with van der Waals surface area (Å²) in [4.78, 5) is 10.8. The van der Waals surface area contributed by atoms with Crippen molar-refractivity contribution >= 4 is 28.4 Å². The SMILES string of the molecule is N#CC1CCN(c2cnc(I)c(CCCC(F)(F)F)n2)CC1. The van der Waals surface area contributed by atoms with Gasteiger partial charge in [0.2, 0.25) is 0 Å². The van der Waals surface area contributed by atoms with E-state index >= 15 is 0 Å². The number of aryl methyl sites for hydroxylation is 1. The summed E-state index contributed by atoms with van der Waals surface area (Å²) >= 11 is 2.00. The maximum Gasteiger partial charge on any atom is 0.389 e. The van der Waals surface area contributed by atoms with E-state index in [1.807, 2.05) is 27.5 Å². The molecule has 22 heavy (non-hydrogen) atoms. The molecule has 2 heterocycles. The van der Waals surface area contributed by atoms with Gasteiger partial charge in [-0.3, -0.25) is 0 Å². The number of anilines is 1. The van der Waals surface area contributed by atoms with E-state index in [2.05, 4.69) is 16.0 Å². The Hall–Kier alpha value is -1.11. The number of hydrogen-bond donors (Lipinski definition) is 0. The van der Waals surface area contributed by atoms with Crippen LogP contribution in [-0.4, -0.2) is 29.2 Å². The molecule has 4 nitrogen and oxygen atoms in total. The average molecular weight is 424 g/mol. The standard InChI is InChI=1S/C14H16F3IN4/c15-14(16,17)5-1-2-11-13(18)20-9-12(21-11)22-6-3-10(8-19)4-7-22/h9-10H,1-7H2. The molecule has 1 aromatic heterocycles. The smallest absolute Gasteiger partial charge is 0.355 e. The number of alkyl halides is 3. The minimum absolute atomic E-state index is 0.0220. The number of nitriles is 1. The van der Waals surface area contributed by atoms with Gasteiger partial charge in [-0.2, -0.15) is 18.4 Å². The Balaban J connectivity index is 1.99. The van der Waals surface area contributed by atoms with Crippen molar-refractivity contribution in [2.45, 2.75) is 38.3 Å². The van der Waals surface area contributed by atoms with Crippen LogP contribution in [0.4, 0.5) is 19.0 Å². The summed E-state index contributed by atoms with van der Waals surface area (Å²) < 4.78 is 37.3. The number of nitrogens with zero attached hydrogens (tertiary/aromatic N) is 4. The second kappa shape index (κ2) is 7.44. The third-order valence-corrected chi connectivity index (χ3v) is 4.56. The Morgan fingerprint density at radius 3 is 2.64 bits per heavy atom. The molecule has 0 amide bonds. The maximum atomic E-state index is 12.2. The van der Waals surface area contributed by atoms with Crippen LogP contribution in [-0.2, 0) is 6.42 Å². The van der Waals surface area contributed by atoms with E-state index in [9.17, 15) is 13.2 Å². The zero-order valence-electron chi connectivity index (χ0n) is 11.9. The number of halogens is 4. The molecule has 1 aliphatic rings. The van der Waals surface area contributed by atoms with Gasteiger partial charge < -0.3 is 4.90 Å². The quantitative estimate of drug-likeness (QED) is 0.692. The fourth-order valence-corrected chi connectivity index (χ4v) is 2.94. The first-order chi connectivity index (χ1) is 10.4. The van der Waals surface area contributed by atoms with Gasteiger partial charge in [0, 0.05) is 25.4 Å². The molecule has 0 aromatic carbocycles.